The molecule has 0 fully saturated rings. The zero-order valence-corrected chi connectivity index (χ0v) is 12.8. The molecular formula is C18H22O3. The van der Waals surface area contributed by atoms with E-state index in [4.69, 9.17) is 9.47 Å². The van der Waals surface area contributed by atoms with Crippen molar-refractivity contribution in [3.05, 3.63) is 59.2 Å². The lowest BCUT2D eigenvalue weighted by atomic mass is 9.99. The second-order valence-electron chi connectivity index (χ2n) is 5.15. The highest BCUT2D eigenvalue weighted by atomic mass is 16.5. The van der Waals surface area contributed by atoms with Crippen molar-refractivity contribution in [1.82, 2.24) is 0 Å². The molecule has 3 nitrogen and oxygen atoms in total. The summed E-state index contributed by atoms with van der Waals surface area (Å²) in [6.07, 6.45) is 0.895. The Labute approximate surface area is 126 Å². The van der Waals surface area contributed by atoms with Gasteiger partial charge in [0.1, 0.15) is 11.5 Å². The van der Waals surface area contributed by atoms with Gasteiger partial charge in [0.2, 0.25) is 0 Å². The van der Waals surface area contributed by atoms with Crippen molar-refractivity contribution in [2.24, 2.45) is 0 Å². The predicted molar refractivity (Wildman–Crippen MR) is 84.0 cm³/mol. The van der Waals surface area contributed by atoms with E-state index in [0.29, 0.717) is 12.2 Å². The van der Waals surface area contributed by atoms with E-state index in [9.17, 15) is 5.11 Å². The number of hydrogen-bond acceptors (Lipinski definition) is 3. The molecule has 0 aromatic heterocycles. The zero-order chi connectivity index (χ0) is 15.2. The minimum Gasteiger partial charge on any atom is -0.497 e. The molecule has 2 rings (SSSR count). The van der Waals surface area contributed by atoms with Crippen LogP contribution in [0.2, 0.25) is 0 Å². The van der Waals surface area contributed by atoms with Crippen LogP contribution in [0.3, 0.4) is 0 Å². The molecule has 112 valence electrons. The maximum atomic E-state index is 10.4. The summed E-state index contributed by atoms with van der Waals surface area (Å²) in [5.41, 5.74) is 3.24. The van der Waals surface area contributed by atoms with Gasteiger partial charge in [-0.2, -0.15) is 0 Å². The van der Waals surface area contributed by atoms with Gasteiger partial charge in [-0.15, -0.1) is 0 Å². The van der Waals surface area contributed by atoms with E-state index in [0.717, 1.165) is 17.7 Å². The van der Waals surface area contributed by atoms with Gasteiger partial charge in [0.25, 0.3) is 0 Å². The van der Waals surface area contributed by atoms with Crippen molar-refractivity contribution in [2.75, 3.05) is 14.2 Å². The molecule has 0 aliphatic rings. The van der Waals surface area contributed by atoms with E-state index in [2.05, 4.69) is 25.1 Å². The lowest BCUT2D eigenvalue weighted by Crippen LogP contribution is -2.03. The SMILES string of the molecule is COc1ccc(OC)c(C(O)CCc2cccc(C)c2)c1. The molecule has 0 aliphatic heterocycles. The first-order chi connectivity index (χ1) is 10.1. The number of rotatable bonds is 6. The van der Waals surface area contributed by atoms with Crippen molar-refractivity contribution in [3.8, 4) is 11.5 Å². The maximum absolute atomic E-state index is 10.4. The molecular weight excluding hydrogens is 264 g/mol. The van der Waals surface area contributed by atoms with Gasteiger partial charge in [-0.3, -0.25) is 0 Å². The third kappa shape index (κ3) is 3.99. The summed E-state index contributed by atoms with van der Waals surface area (Å²) in [4.78, 5) is 0. The third-order valence-corrected chi connectivity index (χ3v) is 3.58. The number of benzene rings is 2. The minimum absolute atomic E-state index is 0.574. The molecule has 0 spiro atoms. The van der Waals surface area contributed by atoms with Crippen LogP contribution in [0.5, 0.6) is 11.5 Å². The highest BCUT2D eigenvalue weighted by Gasteiger charge is 2.14. The normalized spacial score (nSPS) is 12.0. The van der Waals surface area contributed by atoms with Crippen LogP contribution in [-0.4, -0.2) is 19.3 Å². The summed E-state index contributed by atoms with van der Waals surface area (Å²) >= 11 is 0. The fraction of sp³-hybridized carbons (Fsp3) is 0.333. The van der Waals surface area contributed by atoms with Crippen LogP contribution in [0.1, 0.15) is 29.2 Å². The van der Waals surface area contributed by atoms with Gasteiger partial charge in [-0.05, 0) is 43.5 Å². The lowest BCUT2D eigenvalue weighted by molar-refractivity contribution is 0.163. The first kappa shape index (κ1) is 15.4. The Kier molecular flexibility index (Phi) is 5.23. The zero-order valence-electron chi connectivity index (χ0n) is 12.8. The van der Waals surface area contributed by atoms with E-state index in [-0.39, 0.29) is 0 Å². The van der Waals surface area contributed by atoms with Gasteiger partial charge >= 0.3 is 0 Å². The van der Waals surface area contributed by atoms with Crippen LogP contribution in [-0.2, 0) is 6.42 Å². The maximum Gasteiger partial charge on any atom is 0.124 e. The van der Waals surface area contributed by atoms with Crippen LogP contribution in [0.15, 0.2) is 42.5 Å². The number of hydrogen-bond donors (Lipinski definition) is 1. The molecule has 1 unspecified atom stereocenters. The summed E-state index contributed by atoms with van der Waals surface area (Å²) < 4.78 is 10.5. The van der Waals surface area contributed by atoms with Crippen LogP contribution in [0, 0.1) is 6.92 Å². The fourth-order valence-corrected chi connectivity index (χ4v) is 2.43. The Morgan fingerprint density at radius 1 is 1.05 bits per heavy atom. The van der Waals surface area contributed by atoms with Crippen LogP contribution < -0.4 is 9.47 Å². The summed E-state index contributed by atoms with van der Waals surface area (Å²) in [6, 6.07) is 13.8. The quantitative estimate of drug-likeness (QED) is 0.880. The highest BCUT2D eigenvalue weighted by Crippen LogP contribution is 2.31. The van der Waals surface area contributed by atoms with Crippen LogP contribution in [0.4, 0.5) is 0 Å². The minimum atomic E-state index is -0.574. The first-order valence-corrected chi connectivity index (χ1v) is 7.09. The molecule has 0 saturated carbocycles. The van der Waals surface area contributed by atoms with Gasteiger partial charge in [-0.25, -0.2) is 0 Å². The second-order valence-corrected chi connectivity index (χ2v) is 5.15. The summed E-state index contributed by atoms with van der Waals surface area (Å²) in [6.45, 7) is 2.07. The Morgan fingerprint density at radius 3 is 2.52 bits per heavy atom. The van der Waals surface area contributed by atoms with Crippen molar-refractivity contribution in [1.29, 1.82) is 0 Å². The number of aliphatic hydroxyl groups is 1. The molecule has 0 bridgehead atoms. The number of ether oxygens (including phenoxy) is 2. The number of aliphatic hydroxyl groups excluding tert-OH is 1. The molecule has 21 heavy (non-hydrogen) atoms. The number of methoxy groups -OCH3 is 2. The predicted octanol–water partition coefficient (Wildman–Crippen LogP) is 3.68. The Morgan fingerprint density at radius 2 is 1.86 bits per heavy atom. The van der Waals surface area contributed by atoms with Crippen molar-refractivity contribution < 1.29 is 14.6 Å². The van der Waals surface area contributed by atoms with Crippen LogP contribution >= 0.6 is 0 Å². The topological polar surface area (TPSA) is 38.7 Å². The molecule has 0 saturated heterocycles. The summed E-state index contributed by atoms with van der Waals surface area (Å²) in [7, 11) is 3.23. The molecule has 0 heterocycles. The second kappa shape index (κ2) is 7.14. The van der Waals surface area contributed by atoms with Gasteiger partial charge in [0.05, 0.1) is 20.3 Å². The highest BCUT2D eigenvalue weighted by molar-refractivity contribution is 5.41. The molecule has 3 heteroatoms. The van der Waals surface area contributed by atoms with E-state index >= 15 is 0 Å². The average molecular weight is 286 g/mol. The van der Waals surface area contributed by atoms with Gasteiger partial charge in [0, 0.05) is 5.56 Å². The van der Waals surface area contributed by atoms with Gasteiger partial charge in [-0.1, -0.05) is 29.8 Å². The smallest absolute Gasteiger partial charge is 0.124 e. The van der Waals surface area contributed by atoms with Gasteiger partial charge < -0.3 is 14.6 Å². The lowest BCUT2D eigenvalue weighted by Gasteiger charge is -2.16. The molecule has 0 amide bonds. The van der Waals surface area contributed by atoms with E-state index in [1.807, 2.05) is 24.3 Å². The third-order valence-electron chi connectivity index (χ3n) is 3.58. The first-order valence-electron chi connectivity index (χ1n) is 7.09. The monoisotopic (exact) mass is 286 g/mol. The number of aryl methyl sites for hydroxylation is 2. The summed E-state index contributed by atoms with van der Waals surface area (Å²) in [5.74, 6) is 1.41. The fourth-order valence-electron chi connectivity index (χ4n) is 2.43. The molecule has 0 aliphatic carbocycles. The van der Waals surface area contributed by atoms with Crippen LogP contribution in [0.25, 0.3) is 0 Å². The van der Waals surface area contributed by atoms with E-state index in [1.165, 1.54) is 11.1 Å². The largest absolute Gasteiger partial charge is 0.497 e. The van der Waals surface area contributed by atoms with E-state index < -0.39 is 6.10 Å². The average Bonchev–Trinajstić information content (AvgIpc) is 2.52. The van der Waals surface area contributed by atoms with Crippen molar-refractivity contribution in [3.63, 3.8) is 0 Å². The van der Waals surface area contributed by atoms with E-state index in [1.54, 1.807) is 14.2 Å². The molecule has 0 radical (unpaired) electrons. The van der Waals surface area contributed by atoms with Gasteiger partial charge in [0.15, 0.2) is 0 Å². The Hall–Kier alpha value is -2.00. The Balaban J connectivity index is 2.10. The molecule has 2 aromatic rings. The standard InChI is InChI=1S/C18H22O3/c1-13-5-4-6-14(11-13)7-9-17(19)16-12-15(20-2)8-10-18(16)21-3/h4-6,8,10-12,17,19H,7,9H2,1-3H3. The molecule has 1 N–H and O–H groups in total. The molecule has 2 aromatic carbocycles. The van der Waals surface area contributed by atoms with Crippen molar-refractivity contribution >= 4 is 0 Å². The van der Waals surface area contributed by atoms with Crippen molar-refractivity contribution in [2.45, 2.75) is 25.9 Å². The Bertz CT molecular complexity index is 593. The summed E-state index contributed by atoms with van der Waals surface area (Å²) in [5, 5.41) is 10.4. The molecule has 1 atom stereocenters.